The van der Waals surface area contributed by atoms with Crippen molar-refractivity contribution in [2.75, 3.05) is 0 Å². The summed E-state index contributed by atoms with van der Waals surface area (Å²) in [6.07, 6.45) is 4.01. The fourth-order valence-electron chi connectivity index (χ4n) is 2.70. The van der Waals surface area contributed by atoms with Gasteiger partial charge in [0.25, 0.3) is 5.91 Å². The maximum Gasteiger partial charge on any atom is 0.292 e. The van der Waals surface area contributed by atoms with E-state index in [0.717, 1.165) is 36.9 Å². The summed E-state index contributed by atoms with van der Waals surface area (Å²) < 4.78 is 0. The van der Waals surface area contributed by atoms with E-state index >= 15 is 0 Å². The number of aromatic hydroxyl groups is 1. The summed E-state index contributed by atoms with van der Waals surface area (Å²) >= 11 is 0. The van der Waals surface area contributed by atoms with Gasteiger partial charge in [0.15, 0.2) is 5.69 Å². The summed E-state index contributed by atoms with van der Waals surface area (Å²) in [5.74, 6) is -0.190. The van der Waals surface area contributed by atoms with E-state index in [0.29, 0.717) is 17.0 Å². The van der Waals surface area contributed by atoms with Gasteiger partial charge in [-0.05, 0) is 44.7 Å². The Morgan fingerprint density at radius 2 is 2.09 bits per heavy atom. The number of hydrazone groups is 1. The van der Waals surface area contributed by atoms with Gasteiger partial charge in [-0.15, -0.1) is 0 Å². The van der Waals surface area contributed by atoms with Crippen molar-refractivity contribution in [3.05, 3.63) is 46.8 Å². The fraction of sp³-hybridized carbons (Fsp3) is 0.312. The minimum Gasteiger partial charge on any atom is -0.507 e. The van der Waals surface area contributed by atoms with Crippen molar-refractivity contribution < 1.29 is 9.90 Å². The Balaban J connectivity index is 1.76. The molecule has 1 aliphatic rings. The third-order valence-electron chi connectivity index (χ3n) is 3.89. The maximum atomic E-state index is 12.2. The predicted molar refractivity (Wildman–Crippen MR) is 83.0 cm³/mol. The van der Waals surface area contributed by atoms with E-state index in [-0.39, 0.29) is 11.7 Å². The van der Waals surface area contributed by atoms with Crippen molar-refractivity contribution >= 4 is 11.6 Å². The second kappa shape index (κ2) is 6.01. The quantitative estimate of drug-likeness (QED) is 0.599. The lowest BCUT2D eigenvalue weighted by atomic mass is 9.96. The molecule has 6 heteroatoms. The number of nitrogens with zero attached hydrogens (tertiary/aromatic N) is 2. The number of phenolic OH excluding ortho intramolecular Hbond substituents is 1. The van der Waals surface area contributed by atoms with Crippen LogP contribution in [0.15, 0.2) is 29.4 Å². The Morgan fingerprint density at radius 1 is 1.32 bits per heavy atom. The van der Waals surface area contributed by atoms with Gasteiger partial charge in [0.1, 0.15) is 5.75 Å². The Hall–Kier alpha value is -2.63. The first-order valence-electron chi connectivity index (χ1n) is 7.36. The van der Waals surface area contributed by atoms with E-state index in [1.165, 1.54) is 0 Å². The zero-order chi connectivity index (χ0) is 15.5. The van der Waals surface area contributed by atoms with E-state index in [2.05, 4.69) is 20.7 Å². The van der Waals surface area contributed by atoms with E-state index < -0.39 is 0 Å². The number of benzene rings is 1. The number of carbonyl (C=O) groups is 1. The number of aromatic nitrogens is 2. The van der Waals surface area contributed by atoms with E-state index in [1.807, 2.05) is 0 Å². The first-order chi connectivity index (χ1) is 10.7. The molecule has 1 aromatic carbocycles. The molecule has 1 heterocycles. The maximum absolute atomic E-state index is 12.2. The standard InChI is InChI=1S/C16H18N4O2/c1-10(11-6-3-5-9-14(11)21)17-20-16(22)15-12-7-2-4-8-13(12)18-19-15/h3,5-6,9,21H,2,4,7-8H2,1H3,(H,18,19)(H,20,22)/b17-10+. The van der Waals surface area contributed by atoms with Crippen LogP contribution < -0.4 is 5.43 Å². The number of phenols is 1. The number of rotatable bonds is 3. The van der Waals surface area contributed by atoms with E-state index in [4.69, 9.17) is 0 Å². The number of H-pyrrole nitrogens is 1. The molecule has 1 aliphatic carbocycles. The molecular formula is C16H18N4O2. The summed E-state index contributed by atoms with van der Waals surface area (Å²) in [6.45, 7) is 1.73. The molecule has 2 aromatic rings. The highest BCUT2D eigenvalue weighted by Crippen LogP contribution is 2.22. The molecule has 3 N–H and O–H groups in total. The molecule has 0 radical (unpaired) electrons. The average molecular weight is 298 g/mol. The lowest BCUT2D eigenvalue weighted by molar-refractivity contribution is 0.0948. The minimum atomic E-state index is -0.325. The fourth-order valence-corrected chi connectivity index (χ4v) is 2.70. The molecule has 114 valence electrons. The zero-order valence-corrected chi connectivity index (χ0v) is 12.4. The monoisotopic (exact) mass is 298 g/mol. The van der Waals surface area contributed by atoms with E-state index in [1.54, 1.807) is 31.2 Å². The van der Waals surface area contributed by atoms with Crippen molar-refractivity contribution in [1.29, 1.82) is 0 Å². The van der Waals surface area contributed by atoms with Gasteiger partial charge in [0, 0.05) is 16.8 Å². The van der Waals surface area contributed by atoms with Gasteiger partial charge >= 0.3 is 0 Å². The number of aromatic amines is 1. The largest absolute Gasteiger partial charge is 0.507 e. The molecule has 0 unspecified atom stereocenters. The molecule has 0 atom stereocenters. The molecule has 6 nitrogen and oxygen atoms in total. The Bertz CT molecular complexity index is 733. The number of para-hydroxylation sites is 1. The van der Waals surface area contributed by atoms with Crippen LogP contribution in [0, 0.1) is 0 Å². The van der Waals surface area contributed by atoms with Crippen molar-refractivity contribution in [2.24, 2.45) is 5.10 Å². The molecule has 1 aromatic heterocycles. The molecule has 22 heavy (non-hydrogen) atoms. The first kappa shape index (κ1) is 14.3. The second-order valence-electron chi connectivity index (χ2n) is 5.39. The van der Waals surface area contributed by atoms with Crippen LogP contribution in [0.25, 0.3) is 0 Å². The Labute approximate surface area is 128 Å². The molecule has 0 saturated heterocycles. The lowest BCUT2D eigenvalue weighted by Crippen LogP contribution is -2.21. The third kappa shape index (κ3) is 2.72. The highest BCUT2D eigenvalue weighted by atomic mass is 16.3. The Kier molecular flexibility index (Phi) is 3.91. The number of amides is 1. The minimum absolute atomic E-state index is 0.134. The molecule has 0 aliphatic heterocycles. The zero-order valence-electron chi connectivity index (χ0n) is 12.4. The van der Waals surface area contributed by atoms with Crippen LogP contribution in [0.2, 0.25) is 0 Å². The van der Waals surface area contributed by atoms with Gasteiger partial charge < -0.3 is 5.11 Å². The number of fused-ring (bicyclic) bond motifs is 1. The van der Waals surface area contributed by atoms with Crippen LogP contribution >= 0.6 is 0 Å². The van der Waals surface area contributed by atoms with Gasteiger partial charge in [-0.2, -0.15) is 10.2 Å². The van der Waals surface area contributed by atoms with Crippen molar-refractivity contribution in [3.8, 4) is 5.75 Å². The van der Waals surface area contributed by atoms with E-state index in [9.17, 15) is 9.90 Å². The van der Waals surface area contributed by atoms with Gasteiger partial charge in [0.05, 0.1) is 5.71 Å². The Morgan fingerprint density at radius 3 is 2.91 bits per heavy atom. The number of nitrogens with one attached hydrogen (secondary N) is 2. The van der Waals surface area contributed by atoms with Crippen LogP contribution in [-0.2, 0) is 12.8 Å². The van der Waals surface area contributed by atoms with Crippen molar-refractivity contribution in [1.82, 2.24) is 15.6 Å². The molecule has 0 spiro atoms. The lowest BCUT2D eigenvalue weighted by Gasteiger charge is -2.10. The summed E-state index contributed by atoms with van der Waals surface area (Å²) in [6, 6.07) is 6.87. The number of aryl methyl sites for hydroxylation is 1. The van der Waals surface area contributed by atoms with Crippen LogP contribution in [0.3, 0.4) is 0 Å². The highest BCUT2D eigenvalue weighted by molar-refractivity contribution is 6.02. The SMILES string of the molecule is C/C(=N\NC(=O)c1n[nH]c2c1CCCC2)c1ccccc1O. The molecular weight excluding hydrogens is 280 g/mol. The molecule has 3 rings (SSSR count). The van der Waals surface area contributed by atoms with Crippen LogP contribution in [-0.4, -0.2) is 26.9 Å². The summed E-state index contributed by atoms with van der Waals surface area (Å²) in [5.41, 5.74) is 6.12. The van der Waals surface area contributed by atoms with Crippen molar-refractivity contribution in [3.63, 3.8) is 0 Å². The topological polar surface area (TPSA) is 90.4 Å². The number of hydrogen-bond acceptors (Lipinski definition) is 4. The number of carbonyl (C=O) groups excluding carboxylic acids is 1. The molecule has 0 saturated carbocycles. The highest BCUT2D eigenvalue weighted by Gasteiger charge is 2.21. The normalized spacial score (nSPS) is 14.5. The van der Waals surface area contributed by atoms with Gasteiger partial charge in [0.2, 0.25) is 0 Å². The van der Waals surface area contributed by atoms with Gasteiger partial charge in [-0.25, -0.2) is 5.43 Å². The van der Waals surface area contributed by atoms with Crippen LogP contribution in [0.4, 0.5) is 0 Å². The summed E-state index contributed by atoms with van der Waals surface area (Å²) in [7, 11) is 0. The molecule has 0 fully saturated rings. The van der Waals surface area contributed by atoms with Crippen LogP contribution in [0.5, 0.6) is 5.75 Å². The van der Waals surface area contributed by atoms with Gasteiger partial charge in [-0.3, -0.25) is 9.89 Å². The first-order valence-corrected chi connectivity index (χ1v) is 7.36. The van der Waals surface area contributed by atoms with Crippen LogP contribution in [0.1, 0.15) is 47.1 Å². The molecule has 1 amide bonds. The molecule has 0 bridgehead atoms. The number of hydrogen-bond donors (Lipinski definition) is 3. The average Bonchev–Trinajstić information content (AvgIpc) is 2.97. The third-order valence-corrected chi connectivity index (χ3v) is 3.89. The second-order valence-corrected chi connectivity index (χ2v) is 5.39. The predicted octanol–water partition coefficient (Wildman–Crippen LogP) is 2.15. The van der Waals surface area contributed by atoms with Crippen molar-refractivity contribution in [2.45, 2.75) is 32.6 Å². The summed E-state index contributed by atoms with van der Waals surface area (Å²) in [4.78, 5) is 12.2. The smallest absolute Gasteiger partial charge is 0.292 e. The van der Waals surface area contributed by atoms with Gasteiger partial charge in [-0.1, -0.05) is 12.1 Å². The summed E-state index contributed by atoms with van der Waals surface area (Å²) in [5, 5.41) is 20.9.